The largest absolute Gasteiger partial charge is 0.494 e. The monoisotopic (exact) mass is 764 g/mol. The van der Waals surface area contributed by atoms with Gasteiger partial charge in [-0.05, 0) is 88.0 Å². The van der Waals surface area contributed by atoms with Crippen LogP contribution in [0.25, 0.3) is 33.4 Å². The van der Waals surface area contributed by atoms with Crippen LogP contribution in [-0.2, 0) is 26.7 Å². The third kappa shape index (κ3) is 14.2. The lowest BCUT2D eigenvalue weighted by Crippen LogP contribution is -2.15. The van der Waals surface area contributed by atoms with Crippen LogP contribution in [0.5, 0.6) is 11.5 Å². The van der Waals surface area contributed by atoms with Gasteiger partial charge >= 0.3 is 0 Å². The first-order valence-corrected chi connectivity index (χ1v) is 22.3. The first kappa shape index (κ1) is 42.0. The molecule has 8 nitrogen and oxygen atoms in total. The van der Waals surface area contributed by atoms with E-state index >= 15 is 0 Å². The summed E-state index contributed by atoms with van der Waals surface area (Å²) in [4.78, 5) is 0. The number of benzene rings is 4. The van der Waals surface area contributed by atoms with E-state index in [0.29, 0.717) is 0 Å². The Kier molecular flexibility index (Phi) is 16.9. The molecule has 0 saturated heterocycles. The average Bonchev–Trinajstić information content (AvgIpc) is 3.52. The number of ether oxygens (including phenoxy) is 2. The highest BCUT2D eigenvalue weighted by molar-refractivity contribution is 7.89. The van der Waals surface area contributed by atoms with Crippen molar-refractivity contribution in [2.45, 2.75) is 97.3 Å². The minimum Gasteiger partial charge on any atom is -0.494 e. The Hall–Kier alpha value is -3.70. The van der Waals surface area contributed by atoms with Gasteiger partial charge in [0, 0.05) is 0 Å². The summed E-state index contributed by atoms with van der Waals surface area (Å²) in [5.74, 6) is -0.0432. The average molecular weight is 765 g/mol. The van der Waals surface area contributed by atoms with Crippen molar-refractivity contribution < 1.29 is 35.4 Å². The van der Waals surface area contributed by atoms with Crippen molar-refractivity contribution in [3.05, 3.63) is 96.1 Å². The molecule has 0 bridgehead atoms. The Bertz CT molecular complexity index is 1890. The van der Waals surface area contributed by atoms with Gasteiger partial charge in [0.05, 0.1) is 24.7 Å². The summed E-state index contributed by atoms with van der Waals surface area (Å²) in [6, 6.07) is 31.0. The van der Waals surface area contributed by atoms with E-state index in [2.05, 4.69) is 98.8 Å². The molecule has 0 aromatic heterocycles. The molecule has 1 aliphatic carbocycles. The summed E-state index contributed by atoms with van der Waals surface area (Å²) >= 11 is 0. The lowest BCUT2D eigenvalue weighted by atomic mass is 9.88. The number of fused-ring (bicyclic) bond motifs is 3. The molecule has 5 rings (SSSR count). The third-order valence-corrected chi connectivity index (χ3v) is 11.1. The molecule has 2 N–H and O–H groups in total. The van der Waals surface area contributed by atoms with Crippen molar-refractivity contribution in [1.29, 1.82) is 0 Å². The lowest BCUT2D eigenvalue weighted by Gasteiger charge is -2.17. The molecule has 0 fully saturated rings. The summed E-state index contributed by atoms with van der Waals surface area (Å²) < 4.78 is 67.6. The van der Waals surface area contributed by atoms with Crippen molar-refractivity contribution in [3.63, 3.8) is 0 Å². The molecule has 0 amide bonds. The Morgan fingerprint density at radius 2 is 0.962 bits per heavy atom. The molecule has 0 unspecified atom stereocenters. The SMILES string of the molecule is CCCCCCCCOc1ccc(-c2ccc3c(c2-c2ccc(OCCCCCCCC)cc2)Cc2ccccc2-3)cc1.O=S(=O)(O)CCS(=O)(=O)O. The van der Waals surface area contributed by atoms with Crippen LogP contribution in [0.2, 0.25) is 0 Å². The van der Waals surface area contributed by atoms with E-state index < -0.39 is 31.7 Å². The molecule has 0 heterocycles. The molecule has 0 saturated carbocycles. The third-order valence-electron chi connectivity index (χ3n) is 9.43. The zero-order valence-electron chi connectivity index (χ0n) is 31.3. The van der Waals surface area contributed by atoms with Crippen LogP contribution in [0.15, 0.2) is 84.9 Å². The topological polar surface area (TPSA) is 127 Å². The molecule has 1 aliphatic rings. The summed E-state index contributed by atoms with van der Waals surface area (Å²) in [5, 5.41) is 0. The molecule has 288 valence electrons. The number of rotatable bonds is 21. The van der Waals surface area contributed by atoms with Gasteiger partial charge in [0.25, 0.3) is 20.2 Å². The smallest absolute Gasteiger partial charge is 0.265 e. The lowest BCUT2D eigenvalue weighted by molar-refractivity contribution is 0.304. The summed E-state index contributed by atoms with van der Waals surface area (Å²) in [6.45, 7) is 6.11. The van der Waals surface area contributed by atoms with Gasteiger partial charge < -0.3 is 9.47 Å². The Morgan fingerprint density at radius 3 is 1.47 bits per heavy atom. The number of unbranched alkanes of at least 4 members (excludes halogenated alkanes) is 10. The maximum Gasteiger partial charge on any atom is 0.265 e. The van der Waals surface area contributed by atoms with E-state index in [0.717, 1.165) is 44.0 Å². The van der Waals surface area contributed by atoms with Crippen molar-refractivity contribution in [2.75, 3.05) is 24.7 Å². The molecule has 10 heteroatoms. The maximum atomic E-state index is 9.86. The minimum atomic E-state index is -4.30. The fourth-order valence-corrected chi connectivity index (χ4v) is 8.27. The van der Waals surface area contributed by atoms with Gasteiger partial charge in [0.2, 0.25) is 0 Å². The van der Waals surface area contributed by atoms with E-state index in [9.17, 15) is 16.8 Å². The standard InChI is InChI=1S/C41H50O2.C2H6O6S2/c1-3-5-7-9-11-15-29-42-35-23-19-32(20-24-35)38-27-28-39-37-18-14-13-17-34(37)31-40(39)41(38)33-21-25-36(26-22-33)43-30-16-12-10-8-6-4-2;3-9(4,5)1-2-10(6,7)8/h13-14,17-28H,3-12,15-16,29-31H2,1-2H3;1-2H2,(H,3,4,5)(H,6,7,8). The summed E-state index contributed by atoms with van der Waals surface area (Å²) in [6.07, 6.45) is 16.3. The number of hydrogen-bond donors (Lipinski definition) is 2. The van der Waals surface area contributed by atoms with Crippen LogP contribution < -0.4 is 9.47 Å². The molecule has 0 atom stereocenters. The summed E-state index contributed by atoms with van der Waals surface area (Å²) in [5.41, 5.74) is 10.6. The highest BCUT2D eigenvalue weighted by Crippen LogP contribution is 2.46. The minimum absolute atomic E-state index is 0.792. The second kappa shape index (κ2) is 21.3. The highest BCUT2D eigenvalue weighted by Gasteiger charge is 2.24. The molecule has 0 radical (unpaired) electrons. The predicted octanol–water partition coefficient (Wildman–Crippen LogP) is 10.8. The molecule has 4 aromatic rings. The Balaban J connectivity index is 0.000000550. The van der Waals surface area contributed by atoms with E-state index in [1.165, 1.54) is 109 Å². The van der Waals surface area contributed by atoms with Crippen LogP contribution in [0, 0.1) is 0 Å². The van der Waals surface area contributed by atoms with E-state index in [1.807, 2.05) is 0 Å². The van der Waals surface area contributed by atoms with E-state index in [-0.39, 0.29) is 0 Å². The van der Waals surface area contributed by atoms with Gasteiger partial charge in [0.15, 0.2) is 0 Å². The van der Waals surface area contributed by atoms with Crippen LogP contribution in [0.4, 0.5) is 0 Å². The molecular formula is C43H56O8S2. The van der Waals surface area contributed by atoms with Gasteiger partial charge in [-0.15, -0.1) is 0 Å². The van der Waals surface area contributed by atoms with Crippen LogP contribution in [-0.4, -0.2) is 50.7 Å². The van der Waals surface area contributed by atoms with Gasteiger partial charge in [0.1, 0.15) is 11.5 Å². The zero-order valence-corrected chi connectivity index (χ0v) is 32.9. The molecule has 0 aliphatic heterocycles. The molecular weight excluding hydrogens is 709 g/mol. The fraction of sp³-hybridized carbons (Fsp3) is 0.442. The normalized spacial score (nSPS) is 12.1. The fourth-order valence-electron chi connectivity index (χ4n) is 6.59. The van der Waals surface area contributed by atoms with Crippen LogP contribution >= 0.6 is 0 Å². The van der Waals surface area contributed by atoms with Crippen LogP contribution in [0.3, 0.4) is 0 Å². The molecule has 0 spiro atoms. The van der Waals surface area contributed by atoms with Gasteiger partial charge in [-0.25, -0.2) is 0 Å². The first-order chi connectivity index (χ1) is 25.5. The van der Waals surface area contributed by atoms with Gasteiger partial charge in [-0.1, -0.05) is 139 Å². The van der Waals surface area contributed by atoms with Crippen molar-refractivity contribution >= 4 is 20.2 Å². The van der Waals surface area contributed by atoms with Crippen molar-refractivity contribution in [1.82, 2.24) is 0 Å². The zero-order chi connectivity index (χ0) is 38.1. The van der Waals surface area contributed by atoms with Gasteiger partial charge in [-0.2, -0.15) is 16.8 Å². The molecule has 4 aromatic carbocycles. The number of hydrogen-bond acceptors (Lipinski definition) is 6. The van der Waals surface area contributed by atoms with Crippen molar-refractivity contribution in [3.8, 4) is 44.9 Å². The Labute approximate surface area is 317 Å². The predicted molar refractivity (Wildman–Crippen MR) is 216 cm³/mol. The molecule has 53 heavy (non-hydrogen) atoms. The maximum absolute atomic E-state index is 9.86. The Morgan fingerprint density at radius 1 is 0.509 bits per heavy atom. The first-order valence-electron chi connectivity index (χ1n) is 19.1. The highest BCUT2D eigenvalue weighted by atomic mass is 32.2. The quantitative estimate of drug-likeness (QED) is 0.0558. The van der Waals surface area contributed by atoms with E-state index in [4.69, 9.17) is 18.6 Å². The van der Waals surface area contributed by atoms with Crippen molar-refractivity contribution in [2.24, 2.45) is 0 Å². The second-order valence-corrected chi connectivity index (χ2v) is 16.8. The van der Waals surface area contributed by atoms with E-state index in [1.54, 1.807) is 0 Å². The second-order valence-electron chi connectivity index (χ2n) is 13.7. The summed E-state index contributed by atoms with van der Waals surface area (Å²) in [7, 11) is -8.59. The van der Waals surface area contributed by atoms with Crippen LogP contribution in [0.1, 0.15) is 102 Å². The van der Waals surface area contributed by atoms with Gasteiger partial charge in [-0.3, -0.25) is 9.11 Å².